The number of anilines is 1. The molecule has 2 aromatic rings. The van der Waals surface area contributed by atoms with E-state index in [-0.39, 0.29) is 12.0 Å². The maximum Gasteiger partial charge on any atom is 0.135 e. The summed E-state index contributed by atoms with van der Waals surface area (Å²) in [6, 6.07) is 8.50. The lowest BCUT2D eigenvalue weighted by Crippen LogP contribution is -2.47. The third-order valence-electron chi connectivity index (χ3n) is 5.19. The van der Waals surface area contributed by atoms with Gasteiger partial charge in [-0.3, -0.25) is 0 Å². The highest BCUT2D eigenvalue weighted by atomic mass is 16.3. The number of aliphatic hydroxyl groups is 1. The maximum absolute atomic E-state index is 10.2. The van der Waals surface area contributed by atoms with Crippen molar-refractivity contribution >= 4 is 5.82 Å². The lowest BCUT2D eigenvalue weighted by atomic mass is 9.75. The summed E-state index contributed by atoms with van der Waals surface area (Å²) in [5.41, 5.74) is 3.64. The number of hydrogen-bond donors (Lipinski definition) is 1. The van der Waals surface area contributed by atoms with E-state index in [1.165, 1.54) is 11.1 Å². The Kier molecular flexibility index (Phi) is 4.86. The fraction of sp³-hybridized carbons (Fsp3) is 0.500. The van der Waals surface area contributed by atoms with Crippen molar-refractivity contribution in [1.82, 2.24) is 9.97 Å². The van der Waals surface area contributed by atoms with Gasteiger partial charge in [0.2, 0.25) is 0 Å². The Balaban J connectivity index is 1.87. The van der Waals surface area contributed by atoms with Crippen LogP contribution in [0.3, 0.4) is 0 Å². The molecule has 1 atom stereocenters. The molecule has 1 aliphatic rings. The second-order valence-electron chi connectivity index (χ2n) is 7.21. The van der Waals surface area contributed by atoms with Gasteiger partial charge in [-0.15, -0.1) is 0 Å². The fourth-order valence-electron chi connectivity index (χ4n) is 3.77. The fourth-order valence-corrected chi connectivity index (χ4v) is 3.77. The lowest BCUT2D eigenvalue weighted by molar-refractivity contribution is 0.105. The van der Waals surface area contributed by atoms with Gasteiger partial charge in [-0.2, -0.15) is 0 Å². The van der Waals surface area contributed by atoms with Gasteiger partial charge in [0.1, 0.15) is 11.6 Å². The molecule has 1 fully saturated rings. The van der Waals surface area contributed by atoms with Gasteiger partial charge in [-0.1, -0.05) is 24.3 Å². The highest BCUT2D eigenvalue weighted by molar-refractivity contribution is 5.46. The van der Waals surface area contributed by atoms with Crippen LogP contribution in [0, 0.1) is 26.2 Å². The number of hydrogen-bond acceptors (Lipinski definition) is 4. The Morgan fingerprint density at radius 3 is 2.71 bits per heavy atom. The summed E-state index contributed by atoms with van der Waals surface area (Å²) in [6.07, 6.45) is 4.94. The van der Waals surface area contributed by atoms with Gasteiger partial charge in [-0.05, 0) is 51.2 Å². The third kappa shape index (κ3) is 3.44. The minimum atomic E-state index is -0.102. The molecule has 1 aliphatic heterocycles. The van der Waals surface area contributed by atoms with Crippen molar-refractivity contribution in [2.75, 3.05) is 24.6 Å². The highest BCUT2D eigenvalue weighted by Gasteiger charge is 2.36. The SMILES string of the molecule is Cc1ncc(C)c(N2CCC[C@@](CO)(Cc3ccccc3C)C2)n1. The smallest absolute Gasteiger partial charge is 0.135 e. The summed E-state index contributed by atoms with van der Waals surface area (Å²) in [5, 5.41) is 10.2. The minimum Gasteiger partial charge on any atom is -0.396 e. The number of aryl methyl sites for hydroxylation is 3. The number of nitrogens with zero attached hydrogens (tertiary/aromatic N) is 3. The van der Waals surface area contributed by atoms with Crippen LogP contribution >= 0.6 is 0 Å². The molecule has 4 nitrogen and oxygen atoms in total. The van der Waals surface area contributed by atoms with Gasteiger partial charge < -0.3 is 10.0 Å². The molecule has 0 unspecified atom stereocenters. The van der Waals surface area contributed by atoms with Crippen molar-refractivity contribution in [2.45, 2.75) is 40.0 Å². The zero-order chi connectivity index (χ0) is 17.2. The van der Waals surface area contributed by atoms with Gasteiger partial charge >= 0.3 is 0 Å². The normalized spacial score (nSPS) is 21.1. The quantitative estimate of drug-likeness (QED) is 0.938. The Labute approximate surface area is 144 Å². The molecule has 1 aromatic heterocycles. The average Bonchev–Trinajstić information content (AvgIpc) is 2.59. The molecular weight excluding hydrogens is 298 g/mol. The van der Waals surface area contributed by atoms with E-state index in [0.29, 0.717) is 0 Å². The van der Waals surface area contributed by atoms with E-state index in [2.05, 4.69) is 53.0 Å². The van der Waals surface area contributed by atoms with E-state index >= 15 is 0 Å². The molecule has 24 heavy (non-hydrogen) atoms. The van der Waals surface area contributed by atoms with Crippen LogP contribution in [0.1, 0.15) is 35.4 Å². The Bertz CT molecular complexity index is 716. The van der Waals surface area contributed by atoms with E-state index in [1.54, 1.807) is 0 Å². The summed E-state index contributed by atoms with van der Waals surface area (Å²) in [5.74, 6) is 1.82. The van der Waals surface area contributed by atoms with Crippen LogP contribution in [0.2, 0.25) is 0 Å². The number of benzene rings is 1. The van der Waals surface area contributed by atoms with Gasteiger partial charge in [0, 0.05) is 30.3 Å². The predicted molar refractivity (Wildman–Crippen MR) is 97.4 cm³/mol. The van der Waals surface area contributed by atoms with E-state index in [0.717, 1.165) is 49.6 Å². The van der Waals surface area contributed by atoms with Crippen molar-refractivity contribution in [2.24, 2.45) is 5.41 Å². The van der Waals surface area contributed by atoms with Crippen LogP contribution in [0.4, 0.5) is 5.82 Å². The first kappa shape index (κ1) is 16.9. The Morgan fingerprint density at radius 1 is 1.17 bits per heavy atom. The van der Waals surface area contributed by atoms with E-state index in [4.69, 9.17) is 0 Å². The van der Waals surface area contributed by atoms with Crippen LogP contribution in [0.25, 0.3) is 0 Å². The van der Waals surface area contributed by atoms with E-state index < -0.39 is 0 Å². The van der Waals surface area contributed by atoms with Gasteiger partial charge in [0.05, 0.1) is 6.61 Å². The van der Waals surface area contributed by atoms with Crippen molar-refractivity contribution < 1.29 is 5.11 Å². The van der Waals surface area contributed by atoms with Crippen molar-refractivity contribution in [3.8, 4) is 0 Å². The number of aromatic nitrogens is 2. The highest BCUT2D eigenvalue weighted by Crippen LogP contribution is 2.36. The first-order chi connectivity index (χ1) is 11.5. The van der Waals surface area contributed by atoms with Gasteiger partial charge in [0.15, 0.2) is 0 Å². The zero-order valence-electron chi connectivity index (χ0n) is 14.9. The second kappa shape index (κ2) is 6.89. The topological polar surface area (TPSA) is 49.2 Å². The van der Waals surface area contributed by atoms with Gasteiger partial charge in [0.25, 0.3) is 0 Å². The van der Waals surface area contributed by atoms with Crippen LogP contribution in [0.15, 0.2) is 30.5 Å². The molecule has 0 amide bonds. The Morgan fingerprint density at radius 2 is 1.96 bits per heavy atom. The molecule has 0 spiro atoms. The first-order valence-electron chi connectivity index (χ1n) is 8.74. The largest absolute Gasteiger partial charge is 0.396 e. The summed E-state index contributed by atoms with van der Waals surface area (Å²) in [4.78, 5) is 11.3. The lowest BCUT2D eigenvalue weighted by Gasteiger charge is -2.43. The van der Waals surface area contributed by atoms with Crippen LogP contribution in [-0.2, 0) is 6.42 Å². The summed E-state index contributed by atoms with van der Waals surface area (Å²) < 4.78 is 0. The summed E-state index contributed by atoms with van der Waals surface area (Å²) in [6.45, 7) is 8.19. The summed E-state index contributed by atoms with van der Waals surface area (Å²) in [7, 11) is 0. The molecule has 2 heterocycles. The number of rotatable bonds is 4. The summed E-state index contributed by atoms with van der Waals surface area (Å²) >= 11 is 0. The third-order valence-corrected chi connectivity index (χ3v) is 5.19. The molecule has 1 aromatic carbocycles. The average molecular weight is 325 g/mol. The Hall–Kier alpha value is -1.94. The number of aliphatic hydroxyl groups excluding tert-OH is 1. The van der Waals surface area contributed by atoms with Crippen LogP contribution in [0.5, 0.6) is 0 Å². The number of piperidine rings is 1. The van der Waals surface area contributed by atoms with Crippen molar-refractivity contribution in [3.63, 3.8) is 0 Å². The van der Waals surface area contributed by atoms with Crippen LogP contribution < -0.4 is 4.90 Å². The molecule has 0 saturated carbocycles. The zero-order valence-corrected chi connectivity index (χ0v) is 14.9. The van der Waals surface area contributed by atoms with Gasteiger partial charge in [-0.25, -0.2) is 9.97 Å². The minimum absolute atomic E-state index is 0.102. The van der Waals surface area contributed by atoms with E-state index in [1.807, 2.05) is 13.1 Å². The molecule has 0 bridgehead atoms. The molecule has 4 heteroatoms. The van der Waals surface area contributed by atoms with Crippen LogP contribution in [-0.4, -0.2) is 34.8 Å². The molecular formula is C20H27N3O. The molecule has 1 N–H and O–H groups in total. The second-order valence-corrected chi connectivity index (χ2v) is 7.21. The van der Waals surface area contributed by atoms with Crippen molar-refractivity contribution in [1.29, 1.82) is 0 Å². The molecule has 1 saturated heterocycles. The van der Waals surface area contributed by atoms with E-state index in [9.17, 15) is 5.11 Å². The molecule has 0 aliphatic carbocycles. The predicted octanol–water partition coefficient (Wildman–Crippen LogP) is 3.22. The van der Waals surface area contributed by atoms with Crippen molar-refractivity contribution in [3.05, 3.63) is 53.0 Å². The monoisotopic (exact) mass is 325 g/mol. The standard InChI is InChI=1S/C20H27N3O/c1-15-7-4-5-8-18(15)11-20(14-24)9-6-10-23(13-20)19-16(2)12-21-17(3)22-19/h4-5,7-8,12,24H,6,9-11,13-14H2,1-3H3/t20-/m1/s1. The molecule has 3 rings (SSSR count). The molecule has 128 valence electrons. The molecule has 0 radical (unpaired) electrons. The first-order valence-corrected chi connectivity index (χ1v) is 8.74. The maximum atomic E-state index is 10.2.